The Hall–Kier alpha value is -3.15. The molecule has 0 fully saturated rings. The number of hydrogen-bond acceptors (Lipinski definition) is 4. The number of carbonyl (C=O) groups is 3. The lowest BCUT2D eigenvalue weighted by Crippen LogP contribution is -2.33. The van der Waals surface area contributed by atoms with Crippen molar-refractivity contribution in [1.82, 2.24) is 5.32 Å². The van der Waals surface area contributed by atoms with Crippen LogP contribution in [0.5, 0.6) is 5.75 Å². The van der Waals surface area contributed by atoms with Gasteiger partial charge in [0.1, 0.15) is 5.75 Å². The third-order valence-electron chi connectivity index (χ3n) is 4.20. The van der Waals surface area contributed by atoms with Crippen LogP contribution in [0.2, 0.25) is 0 Å². The van der Waals surface area contributed by atoms with E-state index in [1.165, 1.54) is 18.7 Å². The lowest BCUT2D eigenvalue weighted by Gasteiger charge is -2.21. The van der Waals surface area contributed by atoms with Crippen LogP contribution in [0.1, 0.15) is 36.2 Å². The predicted octanol–water partition coefficient (Wildman–Crippen LogP) is 2.96. The van der Waals surface area contributed by atoms with Crippen LogP contribution in [0.3, 0.4) is 0 Å². The third-order valence-corrected chi connectivity index (χ3v) is 4.20. The molecule has 27 heavy (non-hydrogen) atoms. The molecule has 0 saturated heterocycles. The zero-order valence-corrected chi connectivity index (χ0v) is 15.8. The number of ether oxygens (including phenoxy) is 1. The fourth-order valence-corrected chi connectivity index (χ4v) is 2.69. The number of benzene rings is 2. The normalized spacial score (nSPS) is 10.2. The first-order valence-corrected chi connectivity index (χ1v) is 8.70. The van der Waals surface area contributed by atoms with E-state index < -0.39 is 0 Å². The summed E-state index contributed by atoms with van der Waals surface area (Å²) in [6.07, 6.45) is 0.170. The van der Waals surface area contributed by atoms with Crippen LogP contribution < -0.4 is 15.0 Å². The van der Waals surface area contributed by atoms with Crippen molar-refractivity contribution in [2.45, 2.75) is 26.8 Å². The van der Waals surface area contributed by atoms with Crippen molar-refractivity contribution in [1.29, 1.82) is 0 Å². The maximum absolute atomic E-state index is 12.2. The minimum atomic E-state index is -0.164. The summed E-state index contributed by atoms with van der Waals surface area (Å²) in [5.74, 6) is 0.357. The van der Waals surface area contributed by atoms with Crippen LogP contribution in [-0.4, -0.2) is 31.3 Å². The first kappa shape index (κ1) is 20.2. The second-order valence-electron chi connectivity index (χ2n) is 6.11. The molecule has 0 heterocycles. The molecule has 0 unspecified atom stereocenters. The van der Waals surface area contributed by atoms with Crippen molar-refractivity contribution < 1.29 is 19.1 Å². The second-order valence-corrected chi connectivity index (χ2v) is 6.11. The molecule has 2 aromatic rings. The van der Waals surface area contributed by atoms with Gasteiger partial charge >= 0.3 is 0 Å². The van der Waals surface area contributed by atoms with E-state index in [1.54, 1.807) is 31.4 Å². The highest BCUT2D eigenvalue weighted by molar-refractivity contribution is 5.96. The minimum absolute atomic E-state index is 0.0355. The number of hydrogen-bond donors (Lipinski definition) is 1. The molecular weight excluding hydrogens is 344 g/mol. The van der Waals surface area contributed by atoms with Gasteiger partial charge in [0.25, 0.3) is 0 Å². The number of methoxy groups -OCH3 is 1. The fraction of sp³-hybridized carbons (Fsp3) is 0.286. The molecule has 6 nitrogen and oxygen atoms in total. The quantitative estimate of drug-likeness (QED) is 0.727. The SMILES string of the molecule is COc1ccccc1CNC(=O)CCN(C(C)=O)c1ccc(C(C)=O)cc1. The van der Waals surface area contributed by atoms with Gasteiger partial charge in [-0.2, -0.15) is 0 Å². The van der Waals surface area contributed by atoms with Gasteiger partial charge < -0.3 is 15.0 Å². The van der Waals surface area contributed by atoms with E-state index in [0.29, 0.717) is 23.5 Å². The highest BCUT2D eigenvalue weighted by Gasteiger charge is 2.14. The van der Waals surface area contributed by atoms with E-state index in [9.17, 15) is 14.4 Å². The van der Waals surface area contributed by atoms with E-state index >= 15 is 0 Å². The van der Waals surface area contributed by atoms with Crippen LogP contribution >= 0.6 is 0 Å². The van der Waals surface area contributed by atoms with E-state index in [1.807, 2.05) is 24.3 Å². The smallest absolute Gasteiger partial charge is 0.223 e. The number of carbonyl (C=O) groups excluding carboxylic acids is 3. The molecule has 0 atom stereocenters. The average molecular weight is 368 g/mol. The number of nitrogens with zero attached hydrogens (tertiary/aromatic N) is 1. The van der Waals surface area contributed by atoms with Gasteiger partial charge in [0.05, 0.1) is 7.11 Å². The van der Waals surface area contributed by atoms with Gasteiger partial charge in [-0.1, -0.05) is 18.2 Å². The molecule has 0 radical (unpaired) electrons. The van der Waals surface area contributed by atoms with Gasteiger partial charge in [0.15, 0.2) is 5.78 Å². The van der Waals surface area contributed by atoms with Crippen LogP contribution in [0, 0.1) is 0 Å². The number of anilines is 1. The molecule has 0 aliphatic rings. The van der Waals surface area contributed by atoms with E-state index in [4.69, 9.17) is 4.74 Å². The molecule has 0 bridgehead atoms. The van der Waals surface area contributed by atoms with Crippen LogP contribution in [0.15, 0.2) is 48.5 Å². The second kappa shape index (κ2) is 9.52. The first-order chi connectivity index (χ1) is 12.9. The van der Waals surface area contributed by atoms with E-state index in [2.05, 4.69) is 5.32 Å². The van der Waals surface area contributed by atoms with Crippen molar-refractivity contribution in [3.63, 3.8) is 0 Å². The van der Waals surface area contributed by atoms with Crippen molar-refractivity contribution in [2.24, 2.45) is 0 Å². The Morgan fingerprint density at radius 3 is 2.26 bits per heavy atom. The first-order valence-electron chi connectivity index (χ1n) is 8.70. The third kappa shape index (κ3) is 5.67. The summed E-state index contributed by atoms with van der Waals surface area (Å²) >= 11 is 0. The minimum Gasteiger partial charge on any atom is -0.496 e. The molecule has 0 spiro atoms. The molecule has 0 saturated carbocycles. The number of amides is 2. The molecule has 0 aromatic heterocycles. The topological polar surface area (TPSA) is 75.7 Å². The zero-order chi connectivity index (χ0) is 19.8. The molecule has 0 aliphatic carbocycles. The molecule has 6 heteroatoms. The average Bonchev–Trinajstić information content (AvgIpc) is 2.66. The molecule has 1 N–H and O–H groups in total. The molecular formula is C21H24N2O4. The highest BCUT2D eigenvalue weighted by atomic mass is 16.5. The number of para-hydroxylation sites is 1. The van der Waals surface area contributed by atoms with Crippen molar-refractivity contribution in [3.8, 4) is 5.75 Å². The van der Waals surface area contributed by atoms with Crippen molar-refractivity contribution >= 4 is 23.3 Å². The maximum Gasteiger partial charge on any atom is 0.223 e. The Morgan fingerprint density at radius 2 is 1.67 bits per heavy atom. The fourth-order valence-electron chi connectivity index (χ4n) is 2.69. The highest BCUT2D eigenvalue weighted by Crippen LogP contribution is 2.18. The lowest BCUT2D eigenvalue weighted by molar-refractivity contribution is -0.121. The molecule has 142 valence electrons. The Kier molecular flexibility index (Phi) is 7.11. The summed E-state index contributed by atoms with van der Waals surface area (Å²) in [4.78, 5) is 37.0. The van der Waals surface area contributed by atoms with E-state index in [-0.39, 0.29) is 30.6 Å². The number of Topliss-reactive ketones (excluding diaryl/α,β-unsaturated/α-hetero) is 1. The molecule has 2 amide bonds. The van der Waals surface area contributed by atoms with Gasteiger partial charge in [-0.05, 0) is 37.3 Å². The zero-order valence-electron chi connectivity index (χ0n) is 15.8. The molecule has 2 aromatic carbocycles. The summed E-state index contributed by atoms with van der Waals surface area (Å²) in [6.45, 7) is 3.55. The van der Waals surface area contributed by atoms with Crippen molar-refractivity contribution in [2.75, 3.05) is 18.6 Å². The van der Waals surface area contributed by atoms with E-state index in [0.717, 1.165) is 5.56 Å². The van der Waals surface area contributed by atoms with Gasteiger partial charge in [-0.25, -0.2) is 0 Å². The monoisotopic (exact) mass is 368 g/mol. The summed E-state index contributed by atoms with van der Waals surface area (Å²) in [5, 5.41) is 2.84. The lowest BCUT2D eigenvalue weighted by atomic mass is 10.1. The molecule has 2 rings (SSSR count). The Labute approximate surface area is 159 Å². The summed E-state index contributed by atoms with van der Waals surface area (Å²) in [5.41, 5.74) is 2.12. The Balaban J connectivity index is 1.94. The summed E-state index contributed by atoms with van der Waals surface area (Å²) in [6, 6.07) is 14.3. The number of rotatable bonds is 8. The van der Waals surface area contributed by atoms with Gasteiger partial charge in [-0.3, -0.25) is 14.4 Å². The summed E-state index contributed by atoms with van der Waals surface area (Å²) in [7, 11) is 1.59. The largest absolute Gasteiger partial charge is 0.496 e. The van der Waals surface area contributed by atoms with Gasteiger partial charge in [-0.15, -0.1) is 0 Å². The summed E-state index contributed by atoms with van der Waals surface area (Å²) < 4.78 is 5.26. The predicted molar refractivity (Wildman–Crippen MR) is 104 cm³/mol. The molecule has 0 aliphatic heterocycles. The maximum atomic E-state index is 12.2. The number of nitrogens with one attached hydrogen (secondary N) is 1. The standard InChI is InChI=1S/C21H24N2O4/c1-15(24)17-8-10-19(11-9-17)23(16(2)25)13-12-21(26)22-14-18-6-4-5-7-20(18)27-3/h4-11H,12-14H2,1-3H3,(H,22,26). The van der Waals surface area contributed by atoms with Crippen LogP contribution in [0.4, 0.5) is 5.69 Å². The van der Waals surface area contributed by atoms with Gasteiger partial charge in [0, 0.05) is 43.2 Å². The van der Waals surface area contributed by atoms with Crippen LogP contribution in [-0.2, 0) is 16.1 Å². The van der Waals surface area contributed by atoms with Gasteiger partial charge in [0.2, 0.25) is 11.8 Å². The van der Waals surface area contributed by atoms with Crippen molar-refractivity contribution in [3.05, 3.63) is 59.7 Å². The Morgan fingerprint density at radius 1 is 1.00 bits per heavy atom. The van der Waals surface area contributed by atoms with Crippen LogP contribution in [0.25, 0.3) is 0 Å². The Bertz CT molecular complexity index is 815. The number of ketones is 1.